The van der Waals surface area contributed by atoms with Crippen LogP contribution in [-0.2, 0) is 19.1 Å². The Bertz CT molecular complexity index is 1230. The van der Waals surface area contributed by atoms with Crippen LogP contribution in [0.1, 0.15) is 104 Å². The number of hydrogen-bond acceptors (Lipinski definition) is 21. The highest BCUT2D eigenvalue weighted by Crippen LogP contribution is 2.25. The van der Waals surface area contributed by atoms with Crippen LogP contribution in [0.15, 0.2) is 0 Å². The average Bonchev–Trinajstić information content (AvgIpc) is 3.21. The number of nitrogens with one attached hydrogen (secondary N) is 5. The molecular weight excluding hydrogens is 885 g/mol. The highest BCUT2D eigenvalue weighted by Gasteiger charge is 2.47. The fourth-order valence-electron chi connectivity index (χ4n) is 5.44. The number of carbonyl (C=O) groups excluding carboxylic acids is 2. The van der Waals surface area contributed by atoms with Crippen LogP contribution in [0.4, 0.5) is 0 Å². The van der Waals surface area contributed by atoms with Gasteiger partial charge in [0.1, 0.15) is 61.0 Å². The number of aliphatic hydroxyl groups excluding tert-OH is 13. The third-order valence-corrected chi connectivity index (χ3v) is 9.21. The summed E-state index contributed by atoms with van der Waals surface area (Å²) in [6, 6.07) is 0. The van der Waals surface area contributed by atoms with Gasteiger partial charge < -0.3 is 107 Å². The number of amides is 2. The average molecular weight is 985 g/mol. The molecule has 23 nitrogen and oxygen atoms in total. The maximum Gasteiger partial charge on any atom is 0.251 e. The molecule has 1 aliphatic rings. The maximum absolute atomic E-state index is 12.2. The number of ether oxygens (including phenoxy) is 2. The van der Waals surface area contributed by atoms with E-state index in [1.807, 2.05) is 41.5 Å². The van der Waals surface area contributed by atoms with E-state index in [-0.39, 0.29) is 45.4 Å². The van der Waals surface area contributed by atoms with E-state index in [0.717, 1.165) is 6.54 Å². The second-order valence-corrected chi connectivity index (χ2v) is 19.1. The van der Waals surface area contributed by atoms with Gasteiger partial charge in [-0.1, -0.05) is 22.3 Å². The summed E-state index contributed by atoms with van der Waals surface area (Å²) in [6.45, 7) is 20.1. The molecule has 408 valence electrons. The Morgan fingerprint density at radius 2 is 0.955 bits per heavy atom. The minimum Gasteiger partial charge on any atom is -0.394 e. The van der Waals surface area contributed by atoms with E-state index in [4.69, 9.17) is 19.7 Å². The van der Waals surface area contributed by atoms with Crippen molar-refractivity contribution in [3.05, 3.63) is 0 Å². The molecule has 1 rings (SSSR count). The van der Waals surface area contributed by atoms with E-state index in [1.54, 1.807) is 0 Å². The zero-order valence-electron chi connectivity index (χ0n) is 39.9. The molecular formula is C44H100N6O17. The Morgan fingerprint density at radius 1 is 0.567 bits per heavy atom. The molecule has 1 aliphatic heterocycles. The van der Waals surface area contributed by atoms with Crippen LogP contribution in [0, 0.1) is 0 Å². The molecule has 0 saturated carbocycles. The Labute approximate surface area is 401 Å². The van der Waals surface area contributed by atoms with Gasteiger partial charge in [0, 0.05) is 29.7 Å². The lowest BCUT2D eigenvalue weighted by Crippen LogP contribution is -2.62. The van der Waals surface area contributed by atoms with Crippen molar-refractivity contribution in [3.8, 4) is 0 Å². The van der Waals surface area contributed by atoms with Gasteiger partial charge in [-0.05, 0) is 122 Å². The van der Waals surface area contributed by atoms with Gasteiger partial charge in [-0.15, -0.1) is 0 Å². The fourth-order valence-corrected chi connectivity index (χ4v) is 5.44. The zero-order chi connectivity index (χ0) is 50.2. The van der Waals surface area contributed by atoms with Crippen LogP contribution < -0.4 is 26.6 Å². The van der Waals surface area contributed by atoms with Crippen molar-refractivity contribution >= 4 is 11.8 Å². The van der Waals surface area contributed by atoms with E-state index >= 15 is 0 Å². The van der Waals surface area contributed by atoms with Gasteiger partial charge in [0.15, 0.2) is 18.5 Å². The second-order valence-electron chi connectivity index (χ2n) is 19.1. The van der Waals surface area contributed by atoms with Crippen molar-refractivity contribution < 1.29 is 85.4 Å². The van der Waals surface area contributed by atoms with Gasteiger partial charge in [0.25, 0.3) is 11.8 Å². The van der Waals surface area contributed by atoms with Gasteiger partial charge in [-0.2, -0.15) is 0 Å². The zero-order valence-corrected chi connectivity index (χ0v) is 39.9. The molecule has 67 heavy (non-hydrogen) atoms. The Balaban J connectivity index is -0.000000316. The van der Waals surface area contributed by atoms with Crippen LogP contribution in [0.5, 0.6) is 0 Å². The van der Waals surface area contributed by atoms with E-state index in [2.05, 4.69) is 66.4 Å². The largest absolute Gasteiger partial charge is 0.394 e. The van der Waals surface area contributed by atoms with Crippen molar-refractivity contribution in [2.24, 2.45) is 0 Å². The van der Waals surface area contributed by atoms with E-state index in [9.17, 15) is 65.8 Å². The summed E-state index contributed by atoms with van der Waals surface area (Å²) in [7, 11) is 4.22. The van der Waals surface area contributed by atoms with E-state index in [0.29, 0.717) is 32.5 Å². The molecule has 18 N–H and O–H groups in total. The SMILES string of the molecule is C.C.C.CC(C)(C)NCCCNC(=O)[C@H](O)[C@@H](O)[C@H](O)[C@H](O)CO.CC(C)(C)NCCCNC(=O)[C@H](O)[C@@H](O)[C@H](O[C@@H]1OC(CO)[C@H](O)[C@H](O)C1O)[C@H](O)CO.CN(C)CCCNC(C)(C)C. The molecule has 1 heterocycles. The molecule has 0 spiro atoms. The number of aliphatic hydroxyl groups is 13. The third kappa shape index (κ3) is 33.4. The van der Waals surface area contributed by atoms with Gasteiger partial charge in [0.2, 0.25) is 0 Å². The second kappa shape index (κ2) is 37.0. The normalized spacial score (nSPS) is 22.2. The lowest BCUT2D eigenvalue weighted by molar-refractivity contribution is -0.326. The number of rotatable bonds is 25. The monoisotopic (exact) mass is 985 g/mol. The van der Waals surface area contributed by atoms with Crippen LogP contribution in [0.2, 0.25) is 0 Å². The first-order valence-electron chi connectivity index (χ1n) is 21.7. The first-order chi connectivity index (χ1) is 29.3. The van der Waals surface area contributed by atoms with Crippen molar-refractivity contribution in [1.29, 1.82) is 0 Å². The Kier molecular flexibility index (Phi) is 41.0. The maximum atomic E-state index is 12.2. The van der Waals surface area contributed by atoms with Crippen LogP contribution in [0.25, 0.3) is 0 Å². The van der Waals surface area contributed by atoms with Crippen molar-refractivity contribution in [2.75, 3.05) is 73.2 Å². The molecule has 1 saturated heterocycles. The smallest absolute Gasteiger partial charge is 0.251 e. The van der Waals surface area contributed by atoms with Crippen molar-refractivity contribution in [1.82, 2.24) is 31.5 Å². The summed E-state index contributed by atoms with van der Waals surface area (Å²) in [5.74, 6) is -1.80. The van der Waals surface area contributed by atoms with Crippen LogP contribution in [-0.4, -0.2) is 252 Å². The minimum atomic E-state index is -2.07. The molecule has 23 heteroatoms. The Hall–Kier alpha value is -1.82. The van der Waals surface area contributed by atoms with E-state index in [1.165, 1.54) is 13.0 Å². The molecule has 1 fully saturated rings. The topological polar surface area (TPSA) is 379 Å². The van der Waals surface area contributed by atoms with E-state index < -0.39 is 111 Å². The van der Waals surface area contributed by atoms with Crippen LogP contribution >= 0.6 is 0 Å². The minimum absolute atomic E-state index is 0. The number of carbonyl (C=O) groups is 2. The molecule has 0 aromatic heterocycles. The van der Waals surface area contributed by atoms with Crippen molar-refractivity contribution in [2.45, 2.75) is 200 Å². The summed E-state index contributed by atoms with van der Waals surface area (Å²) >= 11 is 0. The first-order valence-corrected chi connectivity index (χ1v) is 21.7. The molecule has 0 aromatic rings. The molecule has 0 aromatic carbocycles. The summed E-state index contributed by atoms with van der Waals surface area (Å²) < 4.78 is 10.4. The van der Waals surface area contributed by atoms with Crippen LogP contribution in [0.3, 0.4) is 0 Å². The predicted molar refractivity (Wildman–Crippen MR) is 257 cm³/mol. The van der Waals surface area contributed by atoms with Gasteiger partial charge in [0.05, 0.1) is 19.8 Å². The highest BCUT2D eigenvalue weighted by molar-refractivity contribution is 5.81. The summed E-state index contributed by atoms with van der Waals surface area (Å²) in [5.41, 5.74) is 0.145. The van der Waals surface area contributed by atoms with Gasteiger partial charge in [-0.25, -0.2) is 0 Å². The fraction of sp³-hybridized carbons (Fsp3) is 0.955. The highest BCUT2D eigenvalue weighted by atomic mass is 16.7. The predicted octanol–water partition coefficient (Wildman–Crippen LogP) is -4.31. The lowest BCUT2D eigenvalue weighted by Gasteiger charge is -2.42. The quantitative estimate of drug-likeness (QED) is 0.0385. The molecule has 0 radical (unpaired) electrons. The van der Waals surface area contributed by atoms with Crippen molar-refractivity contribution in [3.63, 3.8) is 0 Å². The summed E-state index contributed by atoms with van der Waals surface area (Å²) in [6.07, 6.45) is -20.9. The first kappa shape index (κ1) is 74.1. The lowest BCUT2D eigenvalue weighted by atomic mass is 9.98. The Morgan fingerprint density at radius 3 is 1.31 bits per heavy atom. The molecule has 2 unspecified atom stereocenters. The molecule has 0 bridgehead atoms. The number of nitrogens with zero attached hydrogens (tertiary/aromatic N) is 1. The number of hydrogen-bond donors (Lipinski definition) is 18. The summed E-state index contributed by atoms with van der Waals surface area (Å²) in [4.78, 5) is 26.0. The molecule has 13 atom stereocenters. The standard InChI is InChI=1S/C19H38N2O11.C13H28N2O6.C9H22N2.3CH4/c1-19(2,3)21-6-4-5-20-17(30)14(28)13(27)16(9(24)7-22)32-18-15(29)12(26)11(25)10(8-23)31-18;1-13(2,3)15-6-4-5-14-12(21)11(20)10(19)9(18)8(17)7-16;1-9(2,3)10-7-6-8-11(4)5;;;/h9-16,18,21-29H,4-8H2,1-3H3,(H,20,30);8-11,15-20H,4-7H2,1-3H3,(H,14,21);10H,6-8H2,1-5H3;3*1H4/t9-,10?,11+,12+,13-,14-,15?,16-,18+;8-,9-,10+,11-;;;;/m11..../s1. The van der Waals surface area contributed by atoms with Gasteiger partial charge in [-0.3, -0.25) is 9.59 Å². The summed E-state index contributed by atoms with van der Waals surface area (Å²) in [5, 5.41) is 140. The molecule has 0 aliphatic carbocycles. The third-order valence-electron chi connectivity index (χ3n) is 9.21. The van der Waals surface area contributed by atoms with Gasteiger partial charge >= 0.3 is 0 Å². The molecule has 2 amide bonds.